The van der Waals surface area contributed by atoms with Crippen LogP contribution in [0.25, 0.3) is 6.08 Å². The lowest BCUT2D eigenvalue weighted by Gasteiger charge is -2.10. The van der Waals surface area contributed by atoms with Gasteiger partial charge in [-0.2, -0.15) is 0 Å². The van der Waals surface area contributed by atoms with Gasteiger partial charge in [0.25, 0.3) is 0 Å². The highest BCUT2D eigenvalue weighted by Crippen LogP contribution is 2.38. The molecule has 0 aromatic heterocycles. The van der Waals surface area contributed by atoms with Crippen LogP contribution in [-0.4, -0.2) is 40.2 Å². The van der Waals surface area contributed by atoms with Crippen LogP contribution in [0.3, 0.4) is 0 Å². The van der Waals surface area contributed by atoms with Gasteiger partial charge in [-0.15, -0.1) is 0 Å². The van der Waals surface area contributed by atoms with Crippen molar-refractivity contribution in [2.24, 2.45) is 0 Å². The molecule has 8 nitrogen and oxygen atoms in total. The normalized spacial score (nSPS) is 13.2. The summed E-state index contributed by atoms with van der Waals surface area (Å²) in [4.78, 5) is 25.5. The zero-order valence-corrected chi connectivity index (χ0v) is 19.0. The average molecular weight is 462 g/mol. The molecule has 0 amide bonds. The smallest absolute Gasteiger partial charge is 0.343 e. The lowest BCUT2D eigenvalue weighted by molar-refractivity contribution is 0.0734. The van der Waals surface area contributed by atoms with E-state index in [-0.39, 0.29) is 28.6 Å². The molecule has 1 aliphatic rings. The Morgan fingerprint density at radius 3 is 2.29 bits per heavy atom. The van der Waals surface area contributed by atoms with Crippen LogP contribution >= 0.6 is 0 Å². The number of ketones is 1. The largest absolute Gasteiger partial charge is 0.493 e. The first-order chi connectivity index (χ1) is 16.5. The minimum Gasteiger partial charge on any atom is -0.493 e. The summed E-state index contributed by atoms with van der Waals surface area (Å²) in [6, 6.07) is 14.6. The molecule has 0 radical (unpaired) electrons. The molecule has 0 saturated heterocycles. The van der Waals surface area contributed by atoms with E-state index in [1.165, 1.54) is 46.6 Å². The molecule has 0 unspecified atom stereocenters. The van der Waals surface area contributed by atoms with E-state index in [9.17, 15) is 9.59 Å². The fraction of sp³-hybridized carbons (Fsp3) is 0.154. The van der Waals surface area contributed by atoms with Crippen molar-refractivity contribution in [3.63, 3.8) is 0 Å². The fourth-order valence-electron chi connectivity index (χ4n) is 3.53. The van der Waals surface area contributed by atoms with Crippen molar-refractivity contribution >= 4 is 17.8 Å². The minimum absolute atomic E-state index is 0.116. The zero-order valence-electron chi connectivity index (χ0n) is 19.0. The van der Waals surface area contributed by atoms with E-state index in [1.54, 1.807) is 42.5 Å². The van der Waals surface area contributed by atoms with E-state index in [4.69, 9.17) is 28.4 Å². The Morgan fingerprint density at radius 1 is 0.824 bits per heavy atom. The predicted octanol–water partition coefficient (Wildman–Crippen LogP) is 4.56. The number of Topliss-reactive ketones (excluding diaryl/α,β-unsaturated/α-hetero) is 1. The Labute approximate surface area is 196 Å². The van der Waals surface area contributed by atoms with Crippen LogP contribution in [0.15, 0.2) is 60.4 Å². The van der Waals surface area contributed by atoms with E-state index >= 15 is 0 Å². The Balaban J connectivity index is 1.57. The number of esters is 1. The number of hydrogen-bond acceptors (Lipinski definition) is 8. The minimum atomic E-state index is -0.595. The third kappa shape index (κ3) is 4.25. The SMILES string of the molecule is COc1ccc(C(=O)Oc2ccc3c(c2)OC(=Cc2cccc(OC)c2OC)C3=O)cc1OC. The topological polar surface area (TPSA) is 89.5 Å². The predicted molar refractivity (Wildman–Crippen MR) is 123 cm³/mol. The van der Waals surface area contributed by atoms with Gasteiger partial charge < -0.3 is 28.4 Å². The van der Waals surface area contributed by atoms with Crippen LogP contribution in [0.4, 0.5) is 0 Å². The van der Waals surface area contributed by atoms with Gasteiger partial charge in [-0.05, 0) is 42.5 Å². The second-order valence-electron chi connectivity index (χ2n) is 7.14. The van der Waals surface area contributed by atoms with Crippen LogP contribution in [0, 0.1) is 0 Å². The highest BCUT2D eigenvalue weighted by molar-refractivity contribution is 6.14. The molecule has 8 heteroatoms. The lowest BCUT2D eigenvalue weighted by atomic mass is 10.1. The fourth-order valence-corrected chi connectivity index (χ4v) is 3.53. The molecule has 3 aromatic rings. The van der Waals surface area contributed by atoms with Gasteiger partial charge in [0.2, 0.25) is 5.78 Å². The number of rotatable bonds is 7. The maximum atomic E-state index is 12.8. The highest BCUT2D eigenvalue weighted by Gasteiger charge is 2.28. The number of methoxy groups -OCH3 is 4. The number of carbonyl (C=O) groups excluding carboxylic acids is 2. The second-order valence-corrected chi connectivity index (χ2v) is 7.14. The number of para-hydroxylation sites is 1. The standard InChI is InChI=1S/C26H22O8/c1-29-19-11-8-16(13-22(19)31-3)26(28)33-17-9-10-18-21(14-17)34-23(24(18)27)12-15-6-5-7-20(30-2)25(15)32-4/h5-14H,1-4H3. The van der Waals surface area contributed by atoms with Crippen molar-refractivity contribution in [3.05, 3.63) is 77.0 Å². The van der Waals surface area contributed by atoms with E-state index < -0.39 is 5.97 Å². The summed E-state index contributed by atoms with van der Waals surface area (Å²) >= 11 is 0. The van der Waals surface area contributed by atoms with Gasteiger partial charge in [0.1, 0.15) is 11.5 Å². The van der Waals surface area contributed by atoms with Gasteiger partial charge in [0.15, 0.2) is 28.8 Å². The van der Waals surface area contributed by atoms with E-state index in [2.05, 4.69) is 0 Å². The van der Waals surface area contributed by atoms with Crippen molar-refractivity contribution in [3.8, 4) is 34.5 Å². The van der Waals surface area contributed by atoms with Gasteiger partial charge in [0.05, 0.1) is 39.6 Å². The molecule has 4 rings (SSSR count). The molecular formula is C26H22O8. The quantitative estimate of drug-likeness (QED) is 0.287. The number of carbonyl (C=O) groups is 2. The molecule has 0 fully saturated rings. The Hall–Kier alpha value is -4.46. The van der Waals surface area contributed by atoms with Crippen LogP contribution < -0.4 is 28.4 Å². The highest BCUT2D eigenvalue weighted by atomic mass is 16.5. The van der Waals surface area contributed by atoms with Gasteiger partial charge in [-0.1, -0.05) is 12.1 Å². The monoisotopic (exact) mass is 462 g/mol. The molecule has 0 saturated carbocycles. The summed E-state index contributed by atoms with van der Waals surface area (Å²) in [5.74, 6) is 1.66. The summed E-state index contributed by atoms with van der Waals surface area (Å²) in [5, 5.41) is 0. The summed E-state index contributed by atoms with van der Waals surface area (Å²) in [7, 11) is 6.04. The number of fused-ring (bicyclic) bond motifs is 1. The molecule has 1 aliphatic heterocycles. The zero-order chi connectivity index (χ0) is 24.2. The van der Waals surface area contributed by atoms with Crippen LogP contribution in [0.1, 0.15) is 26.3 Å². The first kappa shape index (κ1) is 22.7. The number of benzene rings is 3. The van der Waals surface area contributed by atoms with E-state index in [1.807, 2.05) is 0 Å². The molecule has 0 bridgehead atoms. The average Bonchev–Trinajstić information content (AvgIpc) is 3.17. The first-order valence-electron chi connectivity index (χ1n) is 10.2. The molecular weight excluding hydrogens is 440 g/mol. The first-order valence-corrected chi connectivity index (χ1v) is 10.2. The van der Waals surface area contributed by atoms with Crippen LogP contribution in [0.5, 0.6) is 34.5 Å². The van der Waals surface area contributed by atoms with Crippen molar-refractivity contribution in [1.82, 2.24) is 0 Å². The number of allylic oxidation sites excluding steroid dienone is 1. The van der Waals surface area contributed by atoms with Crippen molar-refractivity contribution in [2.75, 3.05) is 28.4 Å². The maximum absolute atomic E-state index is 12.8. The molecule has 0 spiro atoms. The van der Waals surface area contributed by atoms with Crippen LogP contribution in [0.2, 0.25) is 0 Å². The molecule has 0 atom stereocenters. The third-order valence-corrected chi connectivity index (χ3v) is 5.19. The van der Waals surface area contributed by atoms with Gasteiger partial charge in [-0.25, -0.2) is 4.79 Å². The van der Waals surface area contributed by atoms with E-state index in [0.29, 0.717) is 34.1 Å². The van der Waals surface area contributed by atoms with Gasteiger partial charge in [0, 0.05) is 11.6 Å². The molecule has 0 N–H and O–H groups in total. The van der Waals surface area contributed by atoms with Gasteiger partial charge >= 0.3 is 5.97 Å². The third-order valence-electron chi connectivity index (χ3n) is 5.19. The molecule has 1 heterocycles. The summed E-state index contributed by atoms with van der Waals surface area (Å²) in [5.41, 5.74) is 1.26. The van der Waals surface area contributed by atoms with Crippen molar-refractivity contribution < 1.29 is 38.0 Å². The van der Waals surface area contributed by atoms with Crippen LogP contribution in [-0.2, 0) is 0 Å². The Kier molecular flexibility index (Phi) is 6.40. The van der Waals surface area contributed by atoms with Crippen molar-refractivity contribution in [1.29, 1.82) is 0 Å². The van der Waals surface area contributed by atoms with Crippen molar-refractivity contribution in [2.45, 2.75) is 0 Å². The molecule has 174 valence electrons. The molecule has 34 heavy (non-hydrogen) atoms. The molecule has 0 aliphatic carbocycles. The maximum Gasteiger partial charge on any atom is 0.343 e. The Bertz CT molecular complexity index is 1290. The summed E-state index contributed by atoms with van der Waals surface area (Å²) in [6.07, 6.45) is 1.58. The lowest BCUT2D eigenvalue weighted by Crippen LogP contribution is -2.09. The summed E-state index contributed by atoms with van der Waals surface area (Å²) < 4.78 is 32.4. The number of ether oxygens (including phenoxy) is 6. The summed E-state index contributed by atoms with van der Waals surface area (Å²) in [6.45, 7) is 0. The second kappa shape index (κ2) is 9.58. The number of hydrogen-bond donors (Lipinski definition) is 0. The molecule has 3 aromatic carbocycles. The van der Waals surface area contributed by atoms with E-state index in [0.717, 1.165) is 0 Å². The Morgan fingerprint density at radius 2 is 1.59 bits per heavy atom. The van der Waals surface area contributed by atoms with Gasteiger partial charge in [-0.3, -0.25) is 4.79 Å².